The van der Waals surface area contributed by atoms with Crippen LogP contribution in [-0.4, -0.2) is 39.1 Å². The van der Waals surface area contributed by atoms with Crippen LogP contribution < -0.4 is 20.7 Å². The molecule has 4 aromatic rings. The number of phenols is 1. The summed E-state index contributed by atoms with van der Waals surface area (Å²) in [6, 6.07) is 12.6. The van der Waals surface area contributed by atoms with E-state index in [9.17, 15) is 14.7 Å². The summed E-state index contributed by atoms with van der Waals surface area (Å²) in [6.07, 6.45) is -0.573. The summed E-state index contributed by atoms with van der Waals surface area (Å²) in [4.78, 5) is 26.4. The highest BCUT2D eigenvalue weighted by molar-refractivity contribution is 5.96. The van der Waals surface area contributed by atoms with Gasteiger partial charge in [-0.05, 0) is 54.4 Å². The third-order valence-electron chi connectivity index (χ3n) is 6.50. The van der Waals surface area contributed by atoms with Crippen LogP contribution in [0.5, 0.6) is 17.2 Å². The second-order valence-corrected chi connectivity index (χ2v) is 8.45. The van der Waals surface area contributed by atoms with Crippen molar-refractivity contribution in [3.05, 3.63) is 74.6 Å². The number of ether oxygens (including phenoxy) is 3. The lowest BCUT2D eigenvalue weighted by atomic mass is 10.0. The topological polar surface area (TPSA) is 96.9 Å². The molecular weight excluding hydrogens is 450 g/mol. The molecule has 3 heterocycles. The molecule has 9 heteroatoms. The molecule has 1 N–H and O–H groups in total. The predicted molar refractivity (Wildman–Crippen MR) is 131 cm³/mol. The molecule has 2 aromatic carbocycles. The van der Waals surface area contributed by atoms with Crippen molar-refractivity contribution in [2.45, 2.75) is 19.6 Å². The molecule has 1 aliphatic rings. The summed E-state index contributed by atoms with van der Waals surface area (Å²) in [7, 11) is 4.75. The number of rotatable bonds is 5. The van der Waals surface area contributed by atoms with Crippen LogP contribution in [0.1, 0.15) is 24.3 Å². The first-order valence-corrected chi connectivity index (χ1v) is 11.4. The maximum Gasteiger partial charge on any atom is 0.331 e. The van der Waals surface area contributed by atoms with Gasteiger partial charge in [0.2, 0.25) is 0 Å². The number of nitrogens with zero attached hydrogens (tertiary/aromatic N) is 3. The van der Waals surface area contributed by atoms with E-state index in [0.29, 0.717) is 47.9 Å². The summed E-state index contributed by atoms with van der Waals surface area (Å²) in [5, 5.41) is 10.7. The van der Waals surface area contributed by atoms with Crippen LogP contribution in [0.25, 0.3) is 22.2 Å². The highest BCUT2D eigenvalue weighted by Crippen LogP contribution is 2.42. The van der Waals surface area contributed by atoms with Gasteiger partial charge in [0.25, 0.3) is 5.56 Å². The van der Waals surface area contributed by atoms with Gasteiger partial charge in [-0.25, -0.2) is 4.79 Å². The summed E-state index contributed by atoms with van der Waals surface area (Å²) in [6.45, 7) is 3.15. The number of fused-ring (bicyclic) bond motifs is 3. The minimum atomic E-state index is -0.573. The zero-order valence-corrected chi connectivity index (χ0v) is 20.1. The fourth-order valence-corrected chi connectivity index (χ4v) is 4.85. The Bertz CT molecular complexity index is 1550. The molecule has 0 radical (unpaired) electrons. The number of methoxy groups -OCH3 is 1. The normalized spacial score (nSPS) is 15.3. The van der Waals surface area contributed by atoms with Crippen LogP contribution in [0.4, 0.5) is 0 Å². The van der Waals surface area contributed by atoms with Gasteiger partial charge in [0.05, 0.1) is 42.6 Å². The van der Waals surface area contributed by atoms with Crippen molar-refractivity contribution in [2.24, 2.45) is 14.1 Å². The second-order valence-electron chi connectivity index (χ2n) is 8.45. The first-order chi connectivity index (χ1) is 16.9. The lowest BCUT2D eigenvalue weighted by Crippen LogP contribution is -2.37. The zero-order valence-electron chi connectivity index (χ0n) is 20.1. The molecular formula is C26H27N3O6. The number of hydrogen-bond acceptors (Lipinski definition) is 6. The molecule has 0 amide bonds. The maximum atomic E-state index is 13.5. The minimum absolute atomic E-state index is 0.0341. The Morgan fingerprint density at radius 3 is 2.51 bits per heavy atom. The van der Waals surface area contributed by atoms with Crippen molar-refractivity contribution in [1.82, 2.24) is 13.7 Å². The van der Waals surface area contributed by atoms with Gasteiger partial charge >= 0.3 is 5.69 Å². The van der Waals surface area contributed by atoms with Crippen LogP contribution in [0.15, 0.2) is 52.1 Å². The van der Waals surface area contributed by atoms with E-state index in [-0.39, 0.29) is 11.3 Å². The van der Waals surface area contributed by atoms with Crippen LogP contribution in [0.2, 0.25) is 0 Å². The number of aromatic nitrogens is 3. The van der Waals surface area contributed by atoms with Crippen LogP contribution in [0, 0.1) is 0 Å². The quantitative estimate of drug-likeness (QED) is 0.475. The van der Waals surface area contributed by atoms with Gasteiger partial charge in [-0.1, -0.05) is 6.07 Å². The molecule has 182 valence electrons. The van der Waals surface area contributed by atoms with Crippen molar-refractivity contribution in [1.29, 1.82) is 0 Å². The molecule has 0 bridgehead atoms. The van der Waals surface area contributed by atoms with E-state index in [0.717, 1.165) is 21.4 Å². The number of aromatic hydroxyl groups is 1. The van der Waals surface area contributed by atoms with Crippen molar-refractivity contribution < 1.29 is 19.3 Å². The first-order valence-electron chi connectivity index (χ1n) is 11.4. The molecule has 0 fully saturated rings. The van der Waals surface area contributed by atoms with Gasteiger partial charge in [-0.3, -0.25) is 13.9 Å². The highest BCUT2D eigenvalue weighted by Gasteiger charge is 2.33. The van der Waals surface area contributed by atoms with E-state index >= 15 is 0 Å². The van der Waals surface area contributed by atoms with Crippen molar-refractivity contribution >= 4 is 10.9 Å². The highest BCUT2D eigenvalue weighted by atomic mass is 16.5. The summed E-state index contributed by atoms with van der Waals surface area (Å²) in [5.74, 6) is 1.09. The number of benzene rings is 2. The lowest BCUT2D eigenvalue weighted by Gasteiger charge is -2.28. The van der Waals surface area contributed by atoms with Gasteiger partial charge in [-0.2, -0.15) is 0 Å². The smallest absolute Gasteiger partial charge is 0.331 e. The molecule has 0 saturated heterocycles. The third kappa shape index (κ3) is 3.50. The average molecular weight is 478 g/mol. The minimum Gasteiger partial charge on any atom is -0.504 e. The monoisotopic (exact) mass is 477 g/mol. The van der Waals surface area contributed by atoms with Crippen LogP contribution >= 0.6 is 0 Å². The predicted octanol–water partition coefficient (Wildman–Crippen LogP) is 2.94. The Morgan fingerprint density at radius 1 is 1.09 bits per heavy atom. The zero-order chi connectivity index (χ0) is 24.9. The van der Waals surface area contributed by atoms with Gasteiger partial charge < -0.3 is 23.9 Å². The van der Waals surface area contributed by atoms with Crippen molar-refractivity contribution in [3.63, 3.8) is 0 Å². The van der Waals surface area contributed by atoms with Crippen molar-refractivity contribution in [2.75, 3.05) is 20.3 Å². The Labute approximate surface area is 201 Å². The SMILES string of the molecule is CCOc1cc([C@H]2OCCn3c(-c4ccc(OC)cc4)c4c(=O)n(C)c(=O)n(C)c4c32)ccc1O. The molecule has 0 aliphatic carbocycles. The molecule has 2 aromatic heterocycles. The Morgan fingerprint density at radius 2 is 1.83 bits per heavy atom. The van der Waals surface area contributed by atoms with E-state index in [1.165, 1.54) is 11.6 Å². The van der Waals surface area contributed by atoms with Gasteiger partial charge in [0, 0.05) is 20.6 Å². The van der Waals surface area contributed by atoms with E-state index in [1.807, 2.05) is 31.2 Å². The van der Waals surface area contributed by atoms with E-state index < -0.39 is 11.8 Å². The Kier molecular flexibility index (Phi) is 5.64. The Balaban J connectivity index is 1.85. The van der Waals surface area contributed by atoms with Gasteiger partial charge in [0.1, 0.15) is 11.9 Å². The summed E-state index contributed by atoms with van der Waals surface area (Å²) >= 11 is 0. The molecule has 35 heavy (non-hydrogen) atoms. The van der Waals surface area contributed by atoms with E-state index in [1.54, 1.807) is 32.4 Å². The molecule has 0 saturated carbocycles. The van der Waals surface area contributed by atoms with E-state index in [4.69, 9.17) is 14.2 Å². The lowest BCUT2D eigenvalue weighted by molar-refractivity contribution is 0.0477. The third-order valence-corrected chi connectivity index (χ3v) is 6.50. The summed E-state index contributed by atoms with van der Waals surface area (Å²) < 4.78 is 21.8. The largest absolute Gasteiger partial charge is 0.504 e. The molecule has 9 nitrogen and oxygen atoms in total. The fraction of sp³-hybridized carbons (Fsp3) is 0.308. The second kappa shape index (κ2) is 8.66. The molecule has 1 atom stereocenters. The standard InChI is InChI=1S/C26H27N3O6/c1-5-34-19-14-16(8-11-18(19)30)24-23-22-20(25(31)28(3)26(32)27(22)2)21(29(23)12-13-35-24)15-6-9-17(33-4)10-7-15/h6-11,14,24,30H,5,12-13H2,1-4H3/t24-/m1/s1. The number of phenolic OH excluding ortho intramolecular Hbond substituents is 1. The average Bonchev–Trinajstić information content (AvgIpc) is 3.23. The fourth-order valence-electron chi connectivity index (χ4n) is 4.85. The van der Waals surface area contributed by atoms with Crippen molar-refractivity contribution in [3.8, 4) is 28.5 Å². The number of aryl methyl sites for hydroxylation is 1. The van der Waals surface area contributed by atoms with Gasteiger partial charge in [-0.15, -0.1) is 0 Å². The molecule has 5 rings (SSSR count). The van der Waals surface area contributed by atoms with Crippen LogP contribution in [0.3, 0.4) is 0 Å². The molecule has 1 aliphatic heterocycles. The Hall–Kier alpha value is -3.98. The summed E-state index contributed by atoms with van der Waals surface area (Å²) in [5.41, 5.74) is 2.77. The molecule has 0 unspecified atom stereocenters. The first kappa shape index (κ1) is 22.8. The van der Waals surface area contributed by atoms with Crippen LogP contribution in [-0.2, 0) is 25.4 Å². The van der Waals surface area contributed by atoms with Gasteiger partial charge in [0.15, 0.2) is 11.5 Å². The molecule has 0 spiro atoms. The number of hydrogen-bond donors (Lipinski definition) is 1. The van der Waals surface area contributed by atoms with E-state index in [2.05, 4.69) is 4.57 Å². The maximum absolute atomic E-state index is 13.5.